The SMILES string of the molecule is CCOc1ncnc(Cl)c1C(=O)OC. The second-order valence-corrected chi connectivity index (χ2v) is 2.63. The van der Waals surface area contributed by atoms with E-state index in [1.165, 1.54) is 13.4 Å². The first-order chi connectivity index (χ1) is 6.70. The zero-order valence-electron chi connectivity index (χ0n) is 7.78. The quantitative estimate of drug-likeness (QED) is 0.563. The molecule has 76 valence electrons. The molecule has 0 spiro atoms. The average Bonchev–Trinajstić information content (AvgIpc) is 2.18. The van der Waals surface area contributed by atoms with Crippen LogP contribution in [0.5, 0.6) is 5.88 Å². The Labute approximate surface area is 86.0 Å². The van der Waals surface area contributed by atoms with Crippen LogP contribution >= 0.6 is 11.6 Å². The fourth-order valence-electron chi connectivity index (χ4n) is 0.869. The highest BCUT2D eigenvalue weighted by Crippen LogP contribution is 2.22. The van der Waals surface area contributed by atoms with Crippen molar-refractivity contribution in [2.75, 3.05) is 13.7 Å². The number of hydrogen-bond donors (Lipinski definition) is 0. The van der Waals surface area contributed by atoms with Crippen LogP contribution in [-0.2, 0) is 4.74 Å². The van der Waals surface area contributed by atoms with E-state index < -0.39 is 5.97 Å². The van der Waals surface area contributed by atoms with Gasteiger partial charge in [-0.05, 0) is 6.92 Å². The van der Waals surface area contributed by atoms with Gasteiger partial charge in [0, 0.05) is 0 Å². The second kappa shape index (κ2) is 4.76. The van der Waals surface area contributed by atoms with Crippen molar-refractivity contribution in [1.29, 1.82) is 0 Å². The summed E-state index contributed by atoms with van der Waals surface area (Å²) in [4.78, 5) is 18.7. The van der Waals surface area contributed by atoms with Gasteiger partial charge >= 0.3 is 5.97 Å². The van der Waals surface area contributed by atoms with E-state index in [0.717, 1.165) is 0 Å². The third kappa shape index (κ3) is 2.11. The zero-order valence-corrected chi connectivity index (χ0v) is 8.54. The third-order valence-corrected chi connectivity index (χ3v) is 1.72. The van der Waals surface area contributed by atoms with E-state index in [1.807, 2.05) is 0 Å². The minimum absolute atomic E-state index is 0.0234. The number of rotatable bonds is 3. The molecule has 0 bridgehead atoms. The Morgan fingerprint density at radius 3 is 2.86 bits per heavy atom. The van der Waals surface area contributed by atoms with E-state index in [4.69, 9.17) is 16.3 Å². The number of halogens is 1. The van der Waals surface area contributed by atoms with Crippen molar-refractivity contribution >= 4 is 17.6 Å². The highest BCUT2D eigenvalue weighted by atomic mass is 35.5. The number of esters is 1. The highest BCUT2D eigenvalue weighted by Gasteiger charge is 2.19. The molecule has 0 unspecified atom stereocenters. The summed E-state index contributed by atoms with van der Waals surface area (Å²) >= 11 is 5.71. The number of hydrogen-bond acceptors (Lipinski definition) is 5. The van der Waals surface area contributed by atoms with Crippen LogP contribution in [0.4, 0.5) is 0 Å². The van der Waals surface area contributed by atoms with Crippen LogP contribution in [0, 0.1) is 0 Å². The summed E-state index contributed by atoms with van der Waals surface area (Å²) in [7, 11) is 1.25. The lowest BCUT2D eigenvalue weighted by Gasteiger charge is -2.07. The Morgan fingerprint density at radius 1 is 1.57 bits per heavy atom. The number of nitrogens with zero attached hydrogens (tertiary/aromatic N) is 2. The van der Waals surface area contributed by atoms with Crippen molar-refractivity contribution in [3.63, 3.8) is 0 Å². The molecule has 0 radical (unpaired) electrons. The van der Waals surface area contributed by atoms with E-state index in [2.05, 4.69) is 14.7 Å². The molecule has 5 nitrogen and oxygen atoms in total. The molecule has 0 aliphatic heterocycles. The van der Waals surface area contributed by atoms with Gasteiger partial charge < -0.3 is 9.47 Å². The van der Waals surface area contributed by atoms with Crippen LogP contribution in [0.15, 0.2) is 6.33 Å². The van der Waals surface area contributed by atoms with E-state index in [-0.39, 0.29) is 16.6 Å². The summed E-state index contributed by atoms with van der Waals surface area (Å²) in [6.07, 6.45) is 1.22. The van der Waals surface area contributed by atoms with Gasteiger partial charge in [-0.3, -0.25) is 0 Å². The highest BCUT2D eigenvalue weighted by molar-refractivity contribution is 6.32. The topological polar surface area (TPSA) is 61.3 Å². The Balaban J connectivity index is 3.15. The van der Waals surface area contributed by atoms with Crippen molar-refractivity contribution in [3.05, 3.63) is 17.0 Å². The van der Waals surface area contributed by atoms with E-state index in [0.29, 0.717) is 6.61 Å². The van der Waals surface area contributed by atoms with Crippen molar-refractivity contribution in [1.82, 2.24) is 9.97 Å². The Kier molecular flexibility index (Phi) is 3.64. The zero-order chi connectivity index (χ0) is 10.6. The average molecular weight is 217 g/mol. The molecule has 6 heteroatoms. The fourth-order valence-corrected chi connectivity index (χ4v) is 1.07. The van der Waals surface area contributed by atoms with Gasteiger partial charge in [0.25, 0.3) is 0 Å². The van der Waals surface area contributed by atoms with Gasteiger partial charge in [-0.2, -0.15) is 0 Å². The summed E-state index contributed by atoms with van der Waals surface area (Å²) in [5.41, 5.74) is 0.0542. The minimum atomic E-state index is -0.612. The molecule has 1 aromatic rings. The van der Waals surface area contributed by atoms with Crippen LogP contribution in [0.25, 0.3) is 0 Å². The monoisotopic (exact) mass is 216 g/mol. The summed E-state index contributed by atoms with van der Waals surface area (Å²) < 4.78 is 9.63. The molecular formula is C8H9ClN2O3. The first-order valence-corrected chi connectivity index (χ1v) is 4.30. The molecule has 0 aromatic carbocycles. The minimum Gasteiger partial charge on any atom is -0.477 e. The van der Waals surface area contributed by atoms with Crippen LogP contribution in [0.1, 0.15) is 17.3 Å². The number of carbonyl (C=O) groups excluding carboxylic acids is 1. The van der Waals surface area contributed by atoms with Gasteiger partial charge in [0.2, 0.25) is 5.88 Å². The summed E-state index contributed by atoms with van der Waals surface area (Å²) in [5.74, 6) is -0.474. The molecule has 0 amide bonds. The van der Waals surface area contributed by atoms with Gasteiger partial charge in [-0.15, -0.1) is 0 Å². The standard InChI is InChI=1S/C8H9ClN2O3/c1-3-14-7-5(8(12)13-2)6(9)10-4-11-7/h4H,3H2,1-2H3. The fraction of sp³-hybridized carbons (Fsp3) is 0.375. The van der Waals surface area contributed by atoms with Crippen molar-refractivity contribution in [2.24, 2.45) is 0 Å². The smallest absolute Gasteiger partial charge is 0.346 e. The van der Waals surface area contributed by atoms with Gasteiger partial charge in [-0.1, -0.05) is 11.6 Å². The molecule has 1 heterocycles. The lowest BCUT2D eigenvalue weighted by molar-refractivity contribution is 0.0595. The van der Waals surface area contributed by atoms with Crippen LogP contribution in [0.2, 0.25) is 5.15 Å². The molecule has 1 aromatic heterocycles. The molecule has 0 N–H and O–H groups in total. The lowest BCUT2D eigenvalue weighted by atomic mass is 10.3. The Hall–Kier alpha value is -1.36. The van der Waals surface area contributed by atoms with Gasteiger partial charge in [0.1, 0.15) is 6.33 Å². The lowest BCUT2D eigenvalue weighted by Crippen LogP contribution is -2.08. The largest absolute Gasteiger partial charge is 0.477 e. The summed E-state index contributed by atoms with van der Waals surface area (Å²) in [6, 6.07) is 0. The van der Waals surface area contributed by atoms with Crippen molar-refractivity contribution in [3.8, 4) is 5.88 Å². The predicted molar refractivity (Wildman–Crippen MR) is 49.6 cm³/mol. The summed E-state index contributed by atoms with van der Waals surface area (Å²) in [5, 5.41) is 0.0234. The molecule has 0 aliphatic carbocycles. The first kappa shape index (κ1) is 10.7. The van der Waals surface area contributed by atoms with E-state index in [1.54, 1.807) is 6.92 Å². The van der Waals surface area contributed by atoms with Crippen molar-refractivity contribution < 1.29 is 14.3 Å². The molecule has 1 rings (SSSR count). The van der Waals surface area contributed by atoms with Crippen LogP contribution in [-0.4, -0.2) is 29.7 Å². The van der Waals surface area contributed by atoms with Crippen LogP contribution in [0.3, 0.4) is 0 Å². The molecule has 0 saturated heterocycles. The molecule has 0 atom stereocenters. The predicted octanol–water partition coefficient (Wildman–Crippen LogP) is 1.32. The molecular weight excluding hydrogens is 208 g/mol. The second-order valence-electron chi connectivity index (χ2n) is 2.27. The molecule has 0 fully saturated rings. The normalized spacial score (nSPS) is 9.64. The van der Waals surface area contributed by atoms with Gasteiger partial charge in [-0.25, -0.2) is 14.8 Å². The van der Waals surface area contributed by atoms with Gasteiger partial charge in [0.15, 0.2) is 10.7 Å². The number of carbonyl (C=O) groups is 1. The van der Waals surface area contributed by atoms with E-state index >= 15 is 0 Å². The number of methoxy groups -OCH3 is 1. The summed E-state index contributed by atoms with van der Waals surface area (Å²) in [6.45, 7) is 2.16. The van der Waals surface area contributed by atoms with E-state index in [9.17, 15) is 4.79 Å². The molecule has 0 saturated carbocycles. The molecule has 14 heavy (non-hydrogen) atoms. The molecule has 0 aliphatic rings. The third-order valence-electron chi connectivity index (χ3n) is 1.44. The Bertz CT molecular complexity index is 343. The first-order valence-electron chi connectivity index (χ1n) is 3.92. The van der Waals surface area contributed by atoms with Crippen molar-refractivity contribution in [2.45, 2.75) is 6.92 Å². The maximum absolute atomic E-state index is 11.3. The number of ether oxygens (including phenoxy) is 2. The maximum Gasteiger partial charge on any atom is 0.346 e. The van der Waals surface area contributed by atoms with Gasteiger partial charge in [0.05, 0.1) is 13.7 Å². The maximum atomic E-state index is 11.3. The number of aromatic nitrogens is 2. The van der Waals surface area contributed by atoms with Crippen LogP contribution < -0.4 is 4.74 Å². The Morgan fingerprint density at radius 2 is 2.29 bits per heavy atom.